The Morgan fingerprint density at radius 2 is 2.20 bits per heavy atom. The van der Waals surface area contributed by atoms with E-state index in [2.05, 4.69) is 40.7 Å². The molecular weight excluding hydrogens is 312 g/mol. The fourth-order valence-corrected chi connectivity index (χ4v) is 5.66. The van der Waals surface area contributed by atoms with Crippen molar-refractivity contribution in [1.29, 1.82) is 0 Å². The zero-order valence-electron chi connectivity index (χ0n) is 15.1. The quantitative estimate of drug-likeness (QED) is 0.929. The Balaban J connectivity index is 1.87. The van der Waals surface area contributed by atoms with E-state index in [1.807, 2.05) is 0 Å². The van der Waals surface area contributed by atoms with Crippen molar-refractivity contribution in [2.24, 2.45) is 5.41 Å². The molecule has 3 aliphatic heterocycles. The van der Waals surface area contributed by atoms with Gasteiger partial charge in [-0.15, -0.1) is 0 Å². The van der Waals surface area contributed by atoms with Crippen molar-refractivity contribution in [3.05, 3.63) is 35.5 Å². The summed E-state index contributed by atoms with van der Waals surface area (Å²) < 4.78 is 7.81. The van der Waals surface area contributed by atoms with E-state index in [9.17, 15) is 5.11 Å². The molecule has 2 atom stereocenters. The molecule has 0 radical (unpaired) electrons. The number of benzene rings is 1. The second-order valence-corrected chi connectivity index (χ2v) is 7.75. The Morgan fingerprint density at radius 3 is 2.96 bits per heavy atom. The fourth-order valence-electron chi connectivity index (χ4n) is 5.66. The number of aliphatic hydroxyl groups excluding tert-OH is 1. The highest BCUT2D eigenvalue weighted by Gasteiger charge is 2.50. The van der Waals surface area contributed by atoms with Gasteiger partial charge < -0.3 is 14.4 Å². The third kappa shape index (κ3) is 1.90. The maximum atomic E-state index is 10.2. The molecule has 0 spiro atoms. The average molecular weight is 338 g/mol. The number of ether oxygens (including phenoxy) is 1. The lowest BCUT2D eigenvalue weighted by Gasteiger charge is -2.53. The lowest BCUT2D eigenvalue weighted by atomic mass is 9.66. The van der Waals surface area contributed by atoms with Crippen LogP contribution in [0.2, 0.25) is 0 Å². The largest absolute Gasteiger partial charge is 0.497 e. The van der Waals surface area contributed by atoms with E-state index >= 15 is 0 Å². The van der Waals surface area contributed by atoms with Crippen LogP contribution in [0.5, 0.6) is 5.75 Å². The van der Waals surface area contributed by atoms with Crippen molar-refractivity contribution in [3.8, 4) is 5.75 Å². The molecule has 132 valence electrons. The minimum Gasteiger partial charge on any atom is -0.497 e. The van der Waals surface area contributed by atoms with E-state index < -0.39 is 0 Å². The van der Waals surface area contributed by atoms with Gasteiger partial charge in [0.05, 0.1) is 25.3 Å². The summed E-state index contributed by atoms with van der Waals surface area (Å²) in [6.07, 6.45) is 7.09. The molecule has 5 rings (SSSR count). The number of aliphatic hydroxyl groups is 1. The van der Waals surface area contributed by atoms with Gasteiger partial charge in [-0.2, -0.15) is 0 Å². The van der Waals surface area contributed by atoms with Gasteiger partial charge in [0, 0.05) is 34.8 Å². The number of rotatable bonds is 3. The van der Waals surface area contributed by atoms with Gasteiger partial charge in [-0.1, -0.05) is 13.0 Å². The lowest BCUT2D eigenvalue weighted by molar-refractivity contribution is 0.0263. The van der Waals surface area contributed by atoms with Gasteiger partial charge in [0.2, 0.25) is 0 Å². The molecule has 2 aromatic rings. The molecule has 0 bridgehead atoms. The summed E-state index contributed by atoms with van der Waals surface area (Å²) in [5.41, 5.74) is 5.31. The molecule has 1 fully saturated rings. The second-order valence-electron chi connectivity index (χ2n) is 7.75. The summed E-state index contributed by atoms with van der Waals surface area (Å²) in [5, 5.41) is 11.5. The minimum absolute atomic E-state index is 0.0852. The van der Waals surface area contributed by atoms with Gasteiger partial charge in [0.1, 0.15) is 5.75 Å². The average Bonchev–Trinajstić information content (AvgIpc) is 3.00. The van der Waals surface area contributed by atoms with E-state index in [4.69, 9.17) is 4.74 Å². The standard InChI is InChI=1S/C21H26N2O2/c1-3-21-8-4-9-22-10-7-17-16-6-5-15(25-2)11-18(16)23(14(12-21)13-24)19(17)20(21)22/h5-6,11-12,20,24H,3-4,7-10,13H2,1-2H3/t20-,21+/m1/s1. The first-order valence-electron chi connectivity index (χ1n) is 9.50. The van der Waals surface area contributed by atoms with Crippen molar-refractivity contribution in [3.63, 3.8) is 0 Å². The number of fused-ring (bicyclic) bond motifs is 3. The summed E-state index contributed by atoms with van der Waals surface area (Å²) in [5.74, 6) is 0.878. The monoisotopic (exact) mass is 338 g/mol. The van der Waals surface area contributed by atoms with Crippen LogP contribution in [0.3, 0.4) is 0 Å². The summed E-state index contributed by atoms with van der Waals surface area (Å²) >= 11 is 0. The Kier molecular flexibility index (Phi) is 3.32. The van der Waals surface area contributed by atoms with E-state index in [-0.39, 0.29) is 12.0 Å². The van der Waals surface area contributed by atoms with E-state index in [1.165, 1.54) is 41.5 Å². The number of hydrogen-bond donors (Lipinski definition) is 1. The van der Waals surface area contributed by atoms with Crippen molar-refractivity contribution in [1.82, 2.24) is 9.47 Å². The lowest BCUT2D eigenvalue weighted by Crippen LogP contribution is -2.50. The SMILES string of the molecule is CC[C@@]12C=C(CO)n3c4c(c5ccc(OC)cc53)CCN(CCC1)[C@H]42. The van der Waals surface area contributed by atoms with Gasteiger partial charge in [0.25, 0.3) is 0 Å². The van der Waals surface area contributed by atoms with Crippen LogP contribution in [0.25, 0.3) is 16.6 Å². The zero-order chi connectivity index (χ0) is 17.2. The number of hydrogen-bond acceptors (Lipinski definition) is 3. The van der Waals surface area contributed by atoms with Gasteiger partial charge in [-0.3, -0.25) is 4.90 Å². The summed E-state index contributed by atoms with van der Waals surface area (Å²) in [7, 11) is 1.72. The Bertz CT molecular complexity index is 882. The molecule has 1 aromatic heterocycles. The summed E-state index contributed by atoms with van der Waals surface area (Å²) in [6.45, 7) is 4.73. The van der Waals surface area contributed by atoms with Crippen LogP contribution in [0.4, 0.5) is 0 Å². The van der Waals surface area contributed by atoms with Crippen molar-refractivity contribution in [2.75, 3.05) is 26.8 Å². The molecule has 1 N–H and O–H groups in total. The molecule has 0 saturated carbocycles. The molecule has 0 unspecified atom stereocenters. The predicted molar refractivity (Wildman–Crippen MR) is 99.8 cm³/mol. The van der Waals surface area contributed by atoms with Crippen molar-refractivity contribution in [2.45, 2.75) is 38.6 Å². The van der Waals surface area contributed by atoms with Crippen LogP contribution >= 0.6 is 0 Å². The highest BCUT2D eigenvalue weighted by Crippen LogP contribution is 2.57. The topological polar surface area (TPSA) is 37.6 Å². The molecule has 0 amide bonds. The number of methoxy groups -OCH3 is 1. The third-order valence-corrected chi connectivity index (χ3v) is 6.79. The maximum absolute atomic E-state index is 10.2. The molecule has 4 heterocycles. The van der Waals surface area contributed by atoms with Crippen molar-refractivity contribution < 1.29 is 9.84 Å². The van der Waals surface area contributed by atoms with Crippen LogP contribution in [0, 0.1) is 5.41 Å². The molecular formula is C21H26N2O2. The highest BCUT2D eigenvalue weighted by molar-refractivity contribution is 5.91. The Hall–Kier alpha value is -1.78. The number of aromatic nitrogens is 1. The normalized spacial score (nSPS) is 28.0. The van der Waals surface area contributed by atoms with Crippen LogP contribution < -0.4 is 4.74 Å². The minimum atomic E-state index is 0.0852. The molecule has 1 aromatic carbocycles. The first-order chi connectivity index (χ1) is 12.2. The highest BCUT2D eigenvalue weighted by atomic mass is 16.5. The Morgan fingerprint density at radius 1 is 1.32 bits per heavy atom. The third-order valence-electron chi connectivity index (χ3n) is 6.79. The van der Waals surface area contributed by atoms with Crippen LogP contribution in [0.1, 0.15) is 43.5 Å². The number of nitrogens with zero attached hydrogens (tertiary/aromatic N) is 2. The molecule has 3 aliphatic rings. The summed E-state index contributed by atoms with van der Waals surface area (Å²) in [4.78, 5) is 2.69. The van der Waals surface area contributed by atoms with Gasteiger partial charge >= 0.3 is 0 Å². The van der Waals surface area contributed by atoms with Gasteiger partial charge in [0.15, 0.2) is 0 Å². The van der Waals surface area contributed by atoms with Gasteiger partial charge in [-0.05, 0) is 49.9 Å². The first kappa shape index (κ1) is 15.5. The molecule has 4 heteroatoms. The molecule has 4 nitrogen and oxygen atoms in total. The van der Waals surface area contributed by atoms with Gasteiger partial charge in [-0.25, -0.2) is 0 Å². The maximum Gasteiger partial charge on any atom is 0.120 e. The molecule has 0 aliphatic carbocycles. The van der Waals surface area contributed by atoms with Crippen LogP contribution in [0.15, 0.2) is 24.3 Å². The first-order valence-corrected chi connectivity index (χ1v) is 9.50. The zero-order valence-corrected chi connectivity index (χ0v) is 15.1. The smallest absolute Gasteiger partial charge is 0.120 e. The molecule has 25 heavy (non-hydrogen) atoms. The predicted octanol–water partition coefficient (Wildman–Crippen LogP) is 3.59. The fraction of sp³-hybridized carbons (Fsp3) is 0.524. The Labute approximate surface area is 148 Å². The van der Waals surface area contributed by atoms with E-state index in [0.717, 1.165) is 30.8 Å². The summed E-state index contributed by atoms with van der Waals surface area (Å²) in [6, 6.07) is 6.84. The second kappa shape index (κ2) is 5.36. The van der Waals surface area contributed by atoms with Crippen LogP contribution in [-0.2, 0) is 6.42 Å². The van der Waals surface area contributed by atoms with E-state index in [0.29, 0.717) is 6.04 Å². The van der Waals surface area contributed by atoms with E-state index in [1.54, 1.807) is 7.11 Å². The molecule has 1 saturated heterocycles. The van der Waals surface area contributed by atoms with Crippen LogP contribution in [-0.4, -0.2) is 41.4 Å². The number of piperidine rings is 1. The van der Waals surface area contributed by atoms with Crippen molar-refractivity contribution >= 4 is 16.6 Å².